The molecule has 14 heteroatoms. The van der Waals surface area contributed by atoms with Gasteiger partial charge in [0.05, 0.1) is 6.04 Å². The minimum Gasteiger partial charge on any atom is -0.444 e. The van der Waals surface area contributed by atoms with Gasteiger partial charge < -0.3 is 35.2 Å². The van der Waals surface area contributed by atoms with Gasteiger partial charge in [-0.15, -0.1) is 16.0 Å². The second kappa shape index (κ2) is 26.8. The molecule has 1 aliphatic rings. The van der Waals surface area contributed by atoms with Crippen LogP contribution < -0.4 is 88.7 Å². The Bertz CT molecular complexity index is 630. The molecule has 0 atom stereocenters. The smallest absolute Gasteiger partial charge is 0.444 e. The van der Waals surface area contributed by atoms with Gasteiger partial charge in [0.1, 0.15) is 0 Å². The van der Waals surface area contributed by atoms with E-state index in [1.165, 1.54) is 11.1 Å². The Morgan fingerprint density at radius 2 is 0.938 bits per heavy atom. The van der Waals surface area contributed by atoms with Gasteiger partial charge in [0.2, 0.25) is 0 Å². The number of hydrogen-bond acceptors (Lipinski definition) is 11. The van der Waals surface area contributed by atoms with E-state index in [1.54, 1.807) is 0 Å². The first-order chi connectivity index (χ1) is 14.1. The van der Waals surface area contributed by atoms with Gasteiger partial charge in [0, 0.05) is 26.2 Å². The van der Waals surface area contributed by atoms with Crippen LogP contribution in [0.5, 0.6) is 0 Å². The minimum atomic E-state index is 0. The van der Waals surface area contributed by atoms with E-state index in [0.29, 0.717) is 6.04 Å². The average Bonchev–Trinajstić information content (AvgIpc) is 2.73. The summed E-state index contributed by atoms with van der Waals surface area (Å²) in [6.45, 7) is 4.56. The number of benzene rings is 2. The number of likely N-dealkylation sites (N-methyl/N-ethyl adjacent to an activating group) is 1. The minimum absolute atomic E-state index is 0. The monoisotopic (exact) mass is 473 g/mol. The largest absolute Gasteiger partial charge is 1.00 e. The topological polar surface area (TPSA) is 164 Å². The van der Waals surface area contributed by atoms with Crippen LogP contribution in [-0.2, 0) is 0 Å². The summed E-state index contributed by atoms with van der Waals surface area (Å²) in [4.78, 5) is 29.0. The zero-order valence-corrected chi connectivity index (χ0v) is 24.9. The maximum atomic E-state index is 8.00. The third kappa shape index (κ3) is 17.1. The molecule has 0 saturated carbocycles. The van der Waals surface area contributed by atoms with Crippen molar-refractivity contribution in [2.24, 2.45) is 16.0 Å². The fraction of sp³-hybridized carbons (Fsp3) is 0.333. The first kappa shape index (κ1) is 38.8. The standard InChI is InChI=1S/C18H22N2.3HNO2.3Na/c1-19-12-14-20(15-13-19)18(16-8-4-2-5-9-16)17-10-6-3-7-11-17;3*2-1-3;;;/h2-11,18H,12-15H2,1H3;3*(H,2,3);;;/q;;;;3*+1/p-3. The van der Waals surface area contributed by atoms with Crippen molar-refractivity contribution in [3.05, 3.63) is 102 Å². The van der Waals surface area contributed by atoms with Crippen molar-refractivity contribution < 1.29 is 88.7 Å². The number of nitrogens with zero attached hydrogens (tertiary/aromatic N) is 5. The summed E-state index contributed by atoms with van der Waals surface area (Å²) in [6, 6.07) is 22.1. The van der Waals surface area contributed by atoms with Crippen molar-refractivity contribution in [3.8, 4) is 0 Å². The summed E-state index contributed by atoms with van der Waals surface area (Å²) < 4.78 is 0. The van der Waals surface area contributed by atoms with Crippen molar-refractivity contribution in [1.82, 2.24) is 9.80 Å². The van der Waals surface area contributed by atoms with Gasteiger partial charge >= 0.3 is 88.7 Å². The zero-order valence-electron chi connectivity index (χ0n) is 18.9. The van der Waals surface area contributed by atoms with Gasteiger partial charge in [-0.2, -0.15) is 0 Å². The van der Waals surface area contributed by atoms with Gasteiger partial charge in [-0.05, 0) is 18.2 Å². The van der Waals surface area contributed by atoms with Crippen molar-refractivity contribution >= 4 is 0 Å². The van der Waals surface area contributed by atoms with Crippen LogP contribution in [0.2, 0.25) is 0 Å². The molecule has 0 radical (unpaired) electrons. The Morgan fingerprint density at radius 1 is 0.656 bits per heavy atom. The van der Waals surface area contributed by atoms with E-state index in [1.807, 2.05) is 0 Å². The molecule has 2 aromatic carbocycles. The van der Waals surface area contributed by atoms with E-state index in [0.717, 1.165) is 42.2 Å². The Hall–Kier alpha value is -0.440. The summed E-state index contributed by atoms with van der Waals surface area (Å²) in [5.41, 5.74) is 2.78. The molecule has 0 aliphatic carbocycles. The van der Waals surface area contributed by atoms with Crippen LogP contribution in [0.1, 0.15) is 17.2 Å². The molecule has 32 heavy (non-hydrogen) atoms. The quantitative estimate of drug-likeness (QED) is 0.243. The predicted octanol–water partition coefficient (Wildman–Crippen LogP) is -5.21. The molecule has 2 aromatic rings. The van der Waals surface area contributed by atoms with E-state index in [-0.39, 0.29) is 88.7 Å². The van der Waals surface area contributed by atoms with Crippen molar-refractivity contribution in [2.45, 2.75) is 6.04 Å². The molecule has 1 saturated heterocycles. The Balaban J connectivity index is -0.000000286. The molecule has 1 heterocycles. The molecular formula is C18H22N5Na3O6. The van der Waals surface area contributed by atoms with Gasteiger partial charge in [-0.3, -0.25) is 4.90 Å². The molecule has 1 fully saturated rings. The fourth-order valence-electron chi connectivity index (χ4n) is 2.96. The van der Waals surface area contributed by atoms with Gasteiger partial charge in [-0.1, -0.05) is 60.7 Å². The molecule has 0 N–H and O–H groups in total. The normalized spacial score (nSPS) is 12.1. The summed E-state index contributed by atoms with van der Waals surface area (Å²) >= 11 is 0. The van der Waals surface area contributed by atoms with Crippen LogP contribution in [-0.4, -0.2) is 43.0 Å². The van der Waals surface area contributed by atoms with Crippen LogP contribution in [0.15, 0.2) is 76.7 Å². The van der Waals surface area contributed by atoms with Gasteiger partial charge in [-0.25, -0.2) is 0 Å². The first-order valence-corrected chi connectivity index (χ1v) is 8.46. The fourth-order valence-corrected chi connectivity index (χ4v) is 2.96. The van der Waals surface area contributed by atoms with Crippen molar-refractivity contribution in [1.29, 1.82) is 0 Å². The van der Waals surface area contributed by atoms with E-state index in [2.05, 4.69) is 77.5 Å². The van der Waals surface area contributed by atoms with Crippen LogP contribution >= 0.6 is 0 Å². The summed E-state index contributed by atoms with van der Waals surface area (Å²) in [7, 11) is 2.21. The average molecular weight is 473 g/mol. The first-order valence-electron chi connectivity index (χ1n) is 8.46. The van der Waals surface area contributed by atoms with Crippen LogP contribution in [0.3, 0.4) is 0 Å². The molecule has 3 rings (SSSR count). The van der Waals surface area contributed by atoms with Crippen LogP contribution in [0.4, 0.5) is 0 Å². The maximum absolute atomic E-state index is 8.00. The Labute approximate surface area is 253 Å². The molecule has 1 aliphatic heterocycles. The summed E-state index contributed by atoms with van der Waals surface area (Å²) in [5, 5.41) is 27.0. The van der Waals surface area contributed by atoms with E-state index < -0.39 is 0 Å². The number of hydrogen-bond donors (Lipinski definition) is 0. The molecule has 0 spiro atoms. The molecule has 0 bridgehead atoms. The molecule has 11 nitrogen and oxygen atoms in total. The second-order valence-corrected chi connectivity index (χ2v) is 5.79. The van der Waals surface area contributed by atoms with E-state index in [4.69, 9.17) is 30.3 Å². The zero-order chi connectivity index (χ0) is 21.9. The van der Waals surface area contributed by atoms with Crippen molar-refractivity contribution in [3.63, 3.8) is 0 Å². The predicted molar refractivity (Wildman–Crippen MR) is 111 cm³/mol. The van der Waals surface area contributed by atoms with Crippen LogP contribution in [0, 0.1) is 30.3 Å². The van der Waals surface area contributed by atoms with E-state index in [9.17, 15) is 0 Å². The summed E-state index contributed by atoms with van der Waals surface area (Å²) in [5.74, 6) is 0. The second-order valence-electron chi connectivity index (χ2n) is 5.79. The Kier molecular flexibility index (Phi) is 32.5. The summed E-state index contributed by atoms with van der Waals surface area (Å²) in [6.07, 6.45) is 0. The molecule has 0 unspecified atom stereocenters. The van der Waals surface area contributed by atoms with E-state index >= 15 is 0 Å². The molecule has 158 valence electrons. The number of rotatable bonds is 3. The van der Waals surface area contributed by atoms with Gasteiger partial charge in [0.15, 0.2) is 0 Å². The molecular weight excluding hydrogens is 451 g/mol. The van der Waals surface area contributed by atoms with Crippen LogP contribution in [0.25, 0.3) is 0 Å². The van der Waals surface area contributed by atoms with Crippen molar-refractivity contribution in [2.75, 3.05) is 33.2 Å². The number of piperazine rings is 1. The SMILES string of the molecule is CN1CCN(C(c2ccccc2)c2ccccc2)CC1.O=N[O-].O=N[O-].O=N[O-].[Na+].[Na+].[Na+]. The maximum Gasteiger partial charge on any atom is 1.00 e. The third-order valence-corrected chi connectivity index (χ3v) is 4.13. The van der Waals surface area contributed by atoms with Gasteiger partial charge in [0.25, 0.3) is 0 Å². The molecule has 0 aromatic heterocycles. The Morgan fingerprint density at radius 3 is 1.22 bits per heavy atom. The molecule has 0 amide bonds. The third-order valence-electron chi connectivity index (χ3n) is 4.13.